The van der Waals surface area contributed by atoms with Crippen molar-refractivity contribution in [2.45, 2.75) is 0 Å². The third-order valence-corrected chi connectivity index (χ3v) is 5.33. The number of methoxy groups -OCH3 is 1. The fraction of sp³-hybridized carbons (Fsp3) is 0.100. The van der Waals surface area contributed by atoms with E-state index in [1.165, 1.54) is 54.1 Å². The molecule has 2 aromatic heterocycles. The van der Waals surface area contributed by atoms with Gasteiger partial charge in [0.25, 0.3) is 0 Å². The maximum Gasteiger partial charge on any atom is 0.242 e. The minimum absolute atomic E-state index is 0.126. The number of rotatable bonds is 5. The van der Waals surface area contributed by atoms with E-state index in [9.17, 15) is 23.8 Å². The molecule has 4 aromatic rings. The van der Waals surface area contributed by atoms with Crippen molar-refractivity contribution in [1.29, 1.82) is 0 Å². The molecule has 0 spiro atoms. The van der Waals surface area contributed by atoms with Crippen LogP contribution in [0.25, 0.3) is 26.6 Å². The molecular weight excluding hydrogens is 402 g/mol. The number of fused-ring (bicyclic) bond motifs is 1. The molecule has 2 N–H and O–H groups in total. The maximum atomic E-state index is 13.6. The first kappa shape index (κ1) is 19.0. The Morgan fingerprint density at radius 1 is 1.14 bits per heavy atom. The Bertz CT molecular complexity index is 1230. The first-order valence-electron chi connectivity index (χ1n) is 8.42. The number of halogens is 2. The third kappa shape index (κ3) is 3.24. The van der Waals surface area contributed by atoms with Crippen molar-refractivity contribution in [3.63, 3.8) is 0 Å². The number of ether oxygens (including phenoxy) is 1. The zero-order chi connectivity index (χ0) is 20.7. The van der Waals surface area contributed by atoms with Crippen molar-refractivity contribution < 1.29 is 28.5 Å². The molecule has 0 aliphatic carbocycles. The summed E-state index contributed by atoms with van der Waals surface area (Å²) in [5.41, 5.74) is 0.795. The summed E-state index contributed by atoms with van der Waals surface area (Å²) in [5.74, 6) is -2.76. The zero-order valence-electron chi connectivity index (χ0n) is 15.0. The van der Waals surface area contributed by atoms with Gasteiger partial charge >= 0.3 is 0 Å². The van der Waals surface area contributed by atoms with Crippen molar-refractivity contribution in [2.24, 2.45) is 0 Å². The van der Waals surface area contributed by atoms with Crippen LogP contribution < -0.4 is 0 Å². The molecule has 0 unspecified atom stereocenters. The molecule has 0 aliphatic rings. The molecule has 148 valence electrons. The monoisotopic (exact) mass is 416 g/mol. The number of benzene rings is 2. The van der Waals surface area contributed by atoms with Crippen molar-refractivity contribution in [3.8, 4) is 28.0 Å². The van der Waals surface area contributed by atoms with Crippen LogP contribution in [0.4, 0.5) is 8.78 Å². The van der Waals surface area contributed by atoms with Crippen LogP contribution in [-0.2, 0) is 4.74 Å². The zero-order valence-corrected chi connectivity index (χ0v) is 15.8. The summed E-state index contributed by atoms with van der Waals surface area (Å²) in [6, 6.07) is 9.25. The van der Waals surface area contributed by atoms with Gasteiger partial charge in [0.15, 0.2) is 16.7 Å². The van der Waals surface area contributed by atoms with Crippen LogP contribution in [0.1, 0.15) is 10.4 Å². The number of thiazole rings is 1. The largest absolute Gasteiger partial charge is 0.503 e. The molecule has 0 fully saturated rings. The van der Waals surface area contributed by atoms with Crippen molar-refractivity contribution in [1.82, 2.24) is 9.55 Å². The normalized spacial score (nSPS) is 11.3. The molecular formula is C20H14F2N2O4S. The van der Waals surface area contributed by atoms with Gasteiger partial charge < -0.3 is 14.9 Å². The van der Waals surface area contributed by atoms with Crippen LogP contribution in [0.15, 0.2) is 42.5 Å². The third-order valence-electron chi connectivity index (χ3n) is 4.32. The van der Waals surface area contributed by atoms with Gasteiger partial charge in [0, 0.05) is 7.11 Å². The van der Waals surface area contributed by atoms with Gasteiger partial charge in [-0.2, -0.15) is 0 Å². The van der Waals surface area contributed by atoms with Crippen molar-refractivity contribution in [3.05, 3.63) is 59.7 Å². The van der Waals surface area contributed by atoms with E-state index in [4.69, 9.17) is 4.74 Å². The Hall–Kier alpha value is -3.30. The van der Waals surface area contributed by atoms with Gasteiger partial charge in [-0.15, -0.1) is 0 Å². The molecule has 0 amide bonds. The minimum atomic E-state index is -0.642. The summed E-state index contributed by atoms with van der Waals surface area (Å²) in [6.45, 7) is -0.337. The average molecular weight is 416 g/mol. The predicted octanol–water partition coefficient (Wildman–Crippen LogP) is 4.27. The molecule has 0 saturated heterocycles. The van der Waals surface area contributed by atoms with E-state index in [1.807, 2.05) is 0 Å². The van der Waals surface area contributed by atoms with Crippen LogP contribution in [0, 0.1) is 11.6 Å². The first-order valence-corrected chi connectivity index (χ1v) is 9.23. The maximum absolute atomic E-state index is 13.6. The molecule has 2 aromatic carbocycles. The molecule has 0 aliphatic heterocycles. The van der Waals surface area contributed by atoms with E-state index < -0.39 is 29.0 Å². The second-order valence-electron chi connectivity index (χ2n) is 6.20. The molecule has 9 heteroatoms. The SMILES string of the molecule is COCC(=O)c1c(O)c(O)n(-c2nc3ccc(F)cc3s2)c1-c1ccc(F)cc1. The predicted molar refractivity (Wildman–Crippen MR) is 104 cm³/mol. The fourth-order valence-corrected chi connectivity index (χ4v) is 4.06. The topological polar surface area (TPSA) is 84.6 Å². The van der Waals surface area contributed by atoms with Crippen LogP contribution in [0.2, 0.25) is 0 Å². The molecule has 0 atom stereocenters. The number of carbonyl (C=O) groups excluding carboxylic acids is 1. The van der Waals surface area contributed by atoms with E-state index in [0.29, 0.717) is 15.8 Å². The lowest BCUT2D eigenvalue weighted by atomic mass is 10.0. The van der Waals surface area contributed by atoms with Crippen molar-refractivity contribution >= 4 is 27.3 Å². The number of aromatic hydroxyl groups is 2. The molecule has 0 bridgehead atoms. The smallest absolute Gasteiger partial charge is 0.242 e. The van der Waals surface area contributed by atoms with Gasteiger partial charge in [0.05, 0.1) is 21.5 Å². The number of nitrogens with zero attached hydrogens (tertiary/aromatic N) is 2. The molecule has 29 heavy (non-hydrogen) atoms. The lowest BCUT2D eigenvalue weighted by Crippen LogP contribution is -2.09. The average Bonchev–Trinajstić information content (AvgIpc) is 3.21. The molecule has 0 saturated carbocycles. The second-order valence-corrected chi connectivity index (χ2v) is 7.21. The van der Waals surface area contributed by atoms with E-state index >= 15 is 0 Å². The highest BCUT2D eigenvalue weighted by Gasteiger charge is 2.30. The highest BCUT2D eigenvalue weighted by molar-refractivity contribution is 7.20. The molecule has 0 radical (unpaired) electrons. The summed E-state index contributed by atoms with van der Waals surface area (Å²) < 4.78 is 33.6. The quantitative estimate of drug-likeness (QED) is 0.475. The highest BCUT2D eigenvalue weighted by atomic mass is 32.1. The lowest BCUT2D eigenvalue weighted by molar-refractivity contribution is 0.0846. The lowest BCUT2D eigenvalue weighted by Gasteiger charge is -2.09. The summed E-state index contributed by atoms with van der Waals surface area (Å²) in [7, 11) is 1.32. The van der Waals surface area contributed by atoms with Crippen LogP contribution in [0.3, 0.4) is 0 Å². The van der Waals surface area contributed by atoms with E-state index in [0.717, 1.165) is 11.3 Å². The summed E-state index contributed by atoms with van der Waals surface area (Å²) in [4.78, 5) is 17.0. The van der Waals surface area contributed by atoms with Gasteiger partial charge in [-0.1, -0.05) is 11.3 Å². The van der Waals surface area contributed by atoms with E-state index in [1.54, 1.807) is 0 Å². The fourth-order valence-electron chi connectivity index (χ4n) is 3.06. The number of carbonyl (C=O) groups is 1. The minimum Gasteiger partial charge on any atom is -0.503 e. The Morgan fingerprint density at radius 2 is 1.83 bits per heavy atom. The summed E-state index contributed by atoms with van der Waals surface area (Å²) in [5, 5.41) is 21.3. The van der Waals surface area contributed by atoms with E-state index in [2.05, 4.69) is 4.98 Å². The Balaban J connectivity index is 2.02. The van der Waals surface area contributed by atoms with Crippen LogP contribution >= 0.6 is 11.3 Å². The molecule has 6 nitrogen and oxygen atoms in total. The van der Waals surface area contributed by atoms with Crippen LogP contribution in [0.5, 0.6) is 11.6 Å². The second kappa shape index (κ2) is 7.26. The van der Waals surface area contributed by atoms with Gasteiger partial charge in [-0.05, 0) is 48.0 Å². The Morgan fingerprint density at radius 3 is 2.52 bits per heavy atom. The standard InChI is InChI=1S/C20H14F2N2O4S/c1-28-9-14(25)16-17(10-2-4-11(21)5-3-10)24(19(27)18(16)26)20-23-13-7-6-12(22)8-15(13)29-20/h2-8,26-27H,9H2,1H3. The summed E-state index contributed by atoms with van der Waals surface area (Å²) >= 11 is 1.06. The summed E-state index contributed by atoms with van der Waals surface area (Å²) in [6.07, 6.45) is 0. The van der Waals surface area contributed by atoms with E-state index in [-0.39, 0.29) is 23.0 Å². The first-order chi connectivity index (χ1) is 13.9. The number of hydrogen-bond acceptors (Lipinski definition) is 6. The molecule has 4 rings (SSSR count). The van der Waals surface area contributed by atoms with Crippen molar-refractivity contribution in [2.75, 3.05) is 13.7 Å². The Labute approximate surface area is 167 Å². The number of ketones is 1. The van der Waals surface area contributed by atoms with Crippen LogP contribution in [-0.4, -0.2) is 39.3 Å². The number of aromatic nitrogens is 2. The molecule has 2 heterocycles. The van der Waals surface area contributed by atoms with Gasteiger partial charge in [-0.3, -0.25) is 9.36 Å². The highest BCUT2D eigenvalue weighted by Crippen LogP contribution is 2.44. The number of hydrogen-bond donors (Lipinski definition) is 2. The Kier molecular flexibility index (Phi) is 4.77. The number of Topliss-reactive ketones (excluding diaryl/α,β-unsaturated/α-hetero) is 1. The van der Waals surface area contributed by atoms with Gasteiger partial charge in [0.2, 0.25) is 5.88 Å². The van der Waals surface area contributed by atoms with Gasteiger partial charge in [0.1, 0.15) is 18.2 Å². The van der Waals surface area contributed by atoms with Gasteiger partial charge in [-0.25, -0.2) is 13.8 Å².